The lowest BCUT2D eigenvalue weighted by molar-refractivity contribution is 0.106. The van der Waals surface area contributed by atoms with E-state index in [-0.39, 0.29) is 6.09 Å². The first-order chi connectivity index (χ1) is 9.33. The second-order valence-electron chi connectivity index (χ2n) is 4.61. The van der Waals surface area contributed by atoms with Gasteiger partial charge in [0.1, 0.15) is 6.61 Å². The Bertz CT molecular complexity index is 625. The van der Waals surface area contributed by atoms with Crippen molar-refractivity contribution >= 4 is 16.9 Å². The molecule has 96 valence electrons. The molecule has 1 aliphatic heterocycles. The molecule has 0 spiro atoms. The van der Waals surface area contributed by atoms with Crippen molar-refractivity contribution in [3.05, 3.63) is 60.2 Å². The highest BCUT2D eigenvalue weighted by molar-refractivity contribution is 5.83. The van der Waals surface area contributed by atoms with E-state index in [0.29, 0.717) is 19.7 Å². The Labute approximate surface area is 112 Å². The molecule has 0 atom stereocenters. The standard InChI is InChI=1S/C16H15NO2/c18-16(17-9-3-4-10-17)19-12-13-7-8-14-5-1-2-6-15(14)11-13/h1-8,11H,9-10,12H2. The fourth-order valence-corrected chi connectivity index (χ4v) is 2.19. The molecule has 0 unspecified atom stereocenters. The predicted molar refractivity (Wildman–Crippen MR) is 74.8 cm³/mol. The molecule has 19 heavy (non-hydrogen) atoms. The second-order valence-corrected chi connectivity index (χ2v) is 4.61. The molecule has 3 nitrogen and oxygen atoms in total. The van der Waals surface area contributed by atoms with Crippen molar-refractivity contribution < 1.29 is 9.53 Å². The maximum Gasteiger partial charge on any atom is 0.410 e. The van der Waals surface area contributed by atoms with Gasteiger partial charge >= 0.3 is 6.09 Å². The summed E-state index contributed by atoms with van der Waals surface area (Å²) in [6.07, 6.45) is 3.69. The molecular weight excluding hydrogens is 238 g/mol. The third-order valence-electron chi connectivity index (χ3n) is 3.25. The zero-order chi connectivity index (χ0) is 13.1. The first kappa shape index (κ1) is 11.8. The number of hydrogen-bond acceptors (Lipinski definition) is 2. The van der Waals surface area contributed by atoms with Gasteiger partial charge in [-0.05, 0) is 22.4 Å². The van der Waals surface area contributed by atoms with Crippen LogP contribution in [-0.4, -0.2) is 24.1 Å². The van der Waals surface area contributed by atoms with Crippen LogP contribution in [0.3, 0.4) is 0 Å². The zero-order valence-corrected chi connectivity index (χ0v) is 10.6. The van der Waals surface area contributed by atoms with E-state index in [9.17, 15) is 4.79 Å². The molecule has 0 fully saturated rings. The summed E-state index contributed by atoms with van der Waals surface area (Å²) in [4.78, 5) is 13.4. The number of benzene rings is 2. The summed E-state index contributed by atoms with van der Waals surface area (Å²) in [5, 5.41) is 2.36. The molecule has 2 aromatic rings. The zero-order valence-electron chi connectivity index (χ0n) is 10.6. The first-order valence-electron chi connectivity index (χ1n) is 6.37. The molecule has 1 aliphatic rings. The van der Waals surface area contributed by atoms with Crippen LogP contribution in [-0.2, 0) is 11.3 Å². The molecular formula is C16H15NO2. The lowest BCUT2D eigenvalue weighted by atomic mass is 10.1. The number of carbonyl (C=O) groups excluding carboxylic acids is 1. The monoisotopic (exact) mass is 253 g/mol. The molecule has 0 N–H and O–H groups in total. The number of fused-ring (bicyclic) bond motifs is 1. The van der Waals surface area contributed by atoms with Crippen LogP contribution in [0.4, 0.5) is 4.79 Å². The molecule has 0 saturated carbocycles. The Morgan fingerprint density at radius 3 is 2.58 bits per heavy atom. The van der Waals surface area contributed by atoms with E-state index in [1.165, 1.54) is 10.8 Å². The van der Waals surface area contributed by atoms with Crippen LogP contribution in [0.25, 0.3) is 10.8 Å². The average molecular weight is 253 g/mol. The minimum absolute atomic E-state index is 0.252. The lowest BCUT2D eigenvalue weighted by Gasteiger charge is -2.15. The summed E-state index contributed by atoms with van der Waals surface area (Å²) >= 11 is 0. The Balaban J connectivity index is 1.66. The molecule has 1 amide bonds. The van der Waals surface area contributed by atoms with Crippen molar-refractivity contribution in [3.8, 4) is 0 Å². The highest BCUT2D eigenvalue weighted by Crippen LogP contribution is 2.16. The van der Waals surface area contributed by atoms with E-state index >= 15 is 0 Å². The topological polar surface area (TPSA) is 29.5 Å². The normalized spacial score (nSPS) is 14.0. The van der Waals surface area contributed by atoms with E-state index < -0.39 is 0 Å². The third-order valence-corrected chi connectivity index (χ3v) is 3.25. The van der Waals surface area contributed by atoms with Gasteiger partial charge in [-0.2, -0.15) is 0 Å². The van der Waals surface area contributed by atoms with E-state index in [0.717, 1.165) is 5.56 Å². The van der Waals surface area contributed by atoms with Crippen LogP contribution in [0.15, 0.2) is 54.6 Å². The second kappa shape index (κ2) is 5.14. The van der Waals surface area contributed by atoms with Crippen molar-refractivity contribution in [1.29, 1.82) is 0 Å². The Hall–Kier alpha value is -2.29. The highest BCUT2D eigenvalue weighted by atomic mass is 16.6. The van der Waals surface area contributed by atoms with Gasteiger partial charge in [0.2, 0.25) is 0 Å². The van der Waals surface area contributed by atoms with Crippen LogP contribution >= 0.6 is 0 Å². The summed E-state index contributed by atoms with van der Waals surface area (Å²) in [5.74, 6) is 0. The van der Waals surface area contributed by atoms with Gasteiger partial charge in [-0.15, -0.1) is 0 Å². The predicted octanol–water partition coefficient (Wildman–Crippen LogP) is 3.35. The van der Waals surface area contributed by atoms with E-state index in [1.807, 2.05) is 30.4 Å². The molecule has 1 heterocycles. The van der Waals surface area contributed by atoms with Crippen molar-refractivity contribution in [1.82, 2.24) is 4.90 Å². The highest BCUT2D eigenvalue weighted by Gasteiger charge is 2.15. The molecule has 0 bridgehead atoms. The van der Waals surface area contributed by atoms with Gasteiger partial charge in [0.25, 0.3) is 0 Å². The van der Waals surface area contributed by atoms with Crippen LogP contribution in [0.5, 0.6) is 0 Å². The number of carbonyl (C=O) groups is 1. The molecule has 2 aromatic carbocycles. The minimum atomic E-state index is -0.252. The Morgan fingerprint density at radius 2 is 1.79 bits per heavy atom. The first-order valence-corrected chi connectivity index (χ1v) is 6.37. The van der Waals surface area contributed by atoms with Gasteiger partial charge in [-0.1, -0.05) is 48.6 Å². The summed E-state index contributed by atoms with van der Waals surface area (Å²) in [7, 11) is 0. The molecule has 3 heteroatoms. The van der Waals surface area contributed by atoms with Crippen molar-refractivity contribution in [3.63, 3.8) is 0 Å². The van der Waals surface area contributed by atoms with Crippen LogP contribution in [0.2, 0.25) is 0 Å². The summed E-state index contributed by atoms with van der Waals surface area (Å²) < 4.78 is 5.31. The molecule has 0 saturated heterocycles. The Morgan fingerprint density at radius 1 is 1.05 bits per heavy atom. The summed E-state index contributed by atoms with van der Waals surface area (Å²) in [6, 6.07) is 14.3. The van der Waals surface area contributed by atoms with Gasteiger partial charge < -0.3 is 9.64 Å². The van der Waals surface area contributed by atoms with Crippen LogP contribution < -0.4 is 0 Å². The molecule has 3 rings (SSSR count). The average Bonchev–Trinajstić information content (AvgIpc) is 2.99. The number of rotatable bonds is 2. The maximum absolute atomic E-state index is 11.7. The number of hydrogen-bond donors (Lipinski definition) is 0. The minimum Gasteiger partial charge on any atom is -0.445 e. The van der Waals surface area contributed by atoms with Gasteiger partial charge in [0.15, 0.2) is 0 Å². The lowest BCUT2D eigenvalue weighted by Crippen LogP contribution is -2.28. The van der Waals surface area contributed by atoms with Crippen molar-refractivity contribution in [2.45, 2.75) is 6.61 Å². The number of nitrogens with zero attached hydrogens (tertiary/aromatic N) is 1. The van der Waals surface area contributed by atoms with Crippen LogP contribution in [0, 0.1) is 0 Å². The SMILES string of the molecule is O=C(OCc1ccc2ccccc2c1)N1CC=CC1. The fraction of sp³-hybridized carbons (Fsp3) is 0.188. The summed E-state index contributed by atoms with van der Waals surface area (Å²) in [5.41, 5.74) is 1.01. The van der Waals surface area contributed by atoms with E-state index in [2.05, 4.69) is 24.3 Å². The van der Waals surface area contributed by atoms with Crippen molar-refractivity contribution in [2.75, 3.05) is 13.1 Å². The summed E-state index contributed by atoms with van der Waals surface area (Å²) in [6.45, 7) is 1.62. The maximum atomic E-state index is 11.7. The van der Waals surface area contributed by atoms with Gasteiger partial charge in [-0.3, -0.25) is 0 Å². The number of ether oxygens (including phenoxy) is 1. The van der Waals surface area contributed by atoms with Crippen molar-refractivity contribution in [2.24, 2.45) is 0 Å². The third kappa shape index (κ3) is 2.60. The molecule has 0 aliphatic carbocycles. The van der Waals surface area contributed by atoms with Gasteiger partial charge in [0, 0.05) is 13.1 Å². The smallest absolute Gasteiger partial charge is 0.410 e. The molecule has 0 aromatic heterocycles. The molecule has 0 radical (unpaired) electrons. The van der Waals surface area contributed by atoms with Gasteiger partial charge in [-0.25, -0.2) is 4.79 Å². The number of amides is 1. The Kier molecular flexibility index (Phi) is 3.19. The van der Waals surface area contributed by atoms with E-state index in [1.54, 1.807) is 4.90 Å². The fourth-order valence-electron chi connectivity index (χ4n) is 2.19. The largest absolute Gasteiger partial charge is 0.445 e. The quantitative estimate of drug-likeness (QED) is 0.768. The van der Waals surface area contributed by atoms with Gasteiger partial charge in [0.05, 0.1) is 0 Å². The van der Waals surface area contributed by atoms with Crippen LogP contribution in [0.1, 0.15) is 5.56 Å². The van der Waals surface area contributed by atoms with E-state index in [4.69, 9.17) is 4.74 Å².